The molecule has 0 radical (unpaired) electrons. The first-order chi connectivity index (χ1) is 12.6. The van der Waals surface area contributed by atoms with Crippen LogP contribution in [0.4, 0.5) is 0 Å². The van der Waals surface area contributed by atoms with Gasteiger partial charge in [-0.2, -0.15) is 0 Å². The van der Waals surface area contributed by atoms with Crippen LogP contribution in [-0.2, 0) is 28.5 Å². The maximum atomic E-state index is 11.3. The van der Waals surface area contributed by atoms with Crippen molar-refractivity contribution in [3.8, 4) is 0 Å². The van der Waals surface area contributed by atoms with Crippen molar-refractivity contribution < 1.29 is 53.9 Å². The van der Waals surface area contributed by atoms with Gasteiger partial charge in [0.05, 0.1) is 25.2 Å². The van der Waals surface area contributed by atoms with Crippen molar-refractivity contribution in [1.29, 1.82) is 0 Å². The van der Waals surface area contributed by atoms with E-state index in [0.717, 1.165) is 44.9 Å². The van der Waals surface area contributed by atoms with Crippen molar-refractivity contribution >= 4 is 23.3 Å². The SMILES string of the molecule is COCOC1CCCC(C(=O)OC)C1.COCOC1CCCC(CO)C1.[AlH3].[H-].[Li+]. The number of hydrogen-bond acceptors (Lipinski definition) is 7. The summed E-state index contributed by atoms with van der Waals surface area (Å²) >= 11 is 0. The number of aliphatic hydroxyl groups excluding tert-OH is 1. The number of carbonyl (C=O) groups is 1. The van der Waals surface area contributed by atoms with Gasteiger partial charge in [0, 0.05) is 20.8 Å². The van der Waals surface area contributed by atoms with E-state index in [4.69, 9.17) is 28.8 Å². The van der Waals surface area contributed by atoms with Crippen molar-refractivity contribution in [3.63, 3.8) is 0 Å². The van der Waals surface area contributed by atoms with Crippen LogP contribution >= 0.6 is 0 Å². The summed E-state index contributed by atoms with van der Waals surface area (Å²) in [6.45, 7) is 0.980. The third kappa shape index (κ3) is 12.9. The van der Waals surface area contributed by atoms with Gasteiger partial charge in [0.2, 0.25) is 0 Å². The van der Waals surface area contributed by atoms with Crippen LogP contribution in [0.2, 0.25) is 0 Å². The van der Waals surface area contributed by atoms with Gasteiger partial charge in [-0.05, 0) is 44.4 Å². The minimum Gasteiger partial charge on any atom is -1.00 e. The van der Waals surface area contributed by atoms with Crippen LogP contribution in [0.15, 0.2) is 0 Å². The molecule has 4 atom stereocenters. The molecule has 0 amide bonds. The van der Waals surface area contributed by atoms with Gasteiger partial charge in [-0.15, -0.1) is 0 Å². The molecule has 4 unspecified atom stereocenters. The normalized spacial score (nSPS) is 26.7. The molecule has 7 nitrogen and oxygen atoms in total. The summed E-state index contributed by atoms with van der Waals surface area (Å²) < 4.78 is 25.2. The van der Waals surface area contributed by atoms with Crippen LogP contribution in [0.3, 0.4) is 0 Å². The molecule has 0 aromatic carbocycles. The molecular formula is C19H40AlLiO7. The largest absolute Gasteiger partial charge is 1.00 e. The van der Waals surface area contributed by atoms with Gasteiger partial charge in [-0.1, -0.05) is 12.8 Å². The Morgan fingerprint density at radius 2 is 1.46 bits per heavy atom. The second-order valence-electron chi connectivity index (χ2n) is 6.99. The summed E-state index contributed by atoms with van der Waals surface area (Å²) in [7, 11) is 4.66. The van der Waals surface area contributed by atoms with E-state index in [9.17, 15) is 4.79 Å². The predicted octanol–water partition coefficient (Wildman–Crippen LogP) is -1.57. The molecule has 2 fully saturated rings. The molecule has 0 saturated heterocycles. The molecule has 9 heteroatoms. The summed E-state index contributed by atoms with van der Waals surface area (Å²) in [5.74, 6) is 0.340. The molecule has 0 bridgehead atoms. The van der Waals surface area contributed by atoms with E-state index >= 15 is 0 Å². The monoisotopic (exact) mass is 414 g/mol. The van der Waals surface area contributed by atoms with Gasteiger partial charge >= 0.3 is 24.8 Å². The number of esters is 1. The standard InChI is InChI=1S/C10H18O4.C9H18O3.Al.Li.4H/c1-12-7-14-9-5-3-4-8(6-9)10(11)13-2;1-11-7-12-9-4-2-3-8(5-9)6-10;;;;;;/h8-9H,3-7H2,1-2H3;8-10H,2-7H2,1H3;;;;;;/q;;;+1;;;;-1. The first-order valence-electron chi connectivity index (χ1n) is 9.54. The van der Waals surface area contributed by atoms with Gasteiger partial charge in [0.25, 0.3) is 0 Å². The molecule has 2 aliphatic rings. The fourth-order valence-corrected chi connectivity index (χ4v) is 3.56. The summed E-state index contributed by atoms with van der Waals surface area (Å²) in [4.78, 5) is 11.3. The first kappa shape index (κ1) is 30.6. The van der Waals surface area contributed by atoms with Crippen LogP contribution in [0.5, 0.6) is 0 Å². The number of aliphatic hydroxyl groups is 1. The molecule has 2 aliphatic carbocycles. The topological polar surface area (TPSA) is 83.5 Å². The molecule has 0 spiro atoms. The van der Waals surface area contributed by atoms with Gasteiger partial charge in [-0.25, -0.2) is 0 Å². The Hall–Kier alpha value is 0.400. The van der Waals surface area contributed by atoms with Crippen LogP contribution < -0.4 is 18.9 Å². The summed E-state index contributed by atoms with van der Waals surface area (Å²) in [5.41, 5.74) is 0. The molecule has 162 valence electrons. The minimum absolute atomic E-state index is 0. The van der Waals surface area contributed by atoms with Crippen LogP contribution in [0.25, 0.3) is 0 Å². The molecule has 0 aromatic heterocycles. The third-order valence-corrected chi connectivity index (χ3v) is 5.00. The van der Waals surface area contributed by atoms with Crippen molar-refractivity contribution in [3.05, 3.63) is 0 Å². The van der Waals surface area contributed by atoms with Gasteiger partial charge < -0.3 is 30.2 Å². The molecule has 2 rings (SSSR count). The van der Waals surface area contributed by atoms with Crippen molar-refractivity contribution in [2.24, 2.45) is 11.8 Å². The van der Waals surface area contributed by atoms with E-state index in [1.165, 1.54) is 13.5 Å². The zero-order valence-corrected chi connectivity index (χ0v) is 17.5. The van der Waals surface area contributed by atoms with E-state index in [-0.39, 0.29) is 55.6 Å². The maximum Gasteiger partial charge on any atom is 1.00 e. The Morgan fingerprint density at radius 1 is 0.929 bits per heavy atom. The van der Waals surface area contributed by atoms with Crippen LogP contribution in [0.1, 0.15) is 52.8 Å². The molecule has 1 N–H and O–H groups in total. The van der Waals surface area contributed by atoms with E-state index in [1.807, 2.05) is 0 Å². The van der Waals surface area contributed by atoms with Gasteiger partial charge in [0.1, 0.15) is 13.6 Å². The average molecular weight is 414 g/mol. The Balaban J connectivity index is -0.000000426. The summed E-state index contributed by atoms with van der Waals surface area (Å²) in [6, 6.07) is 0. The molecule has 0 aliphatic heterocycles. The second-order valence-corrected chi connectivity index (χ2v) is 6.99. The average Bonchev–Trinajstić information content (AvgIpc) is 2.71. The van der Waals surface area contributed by atoms with Crippen molar-refractivity contribution in [2.75, 3.05) is 41.5 Å². The number of hydrogen-bond donors (Lipinski definition) is 1. The van der Waals surface area contributed by atoms with E-state index in [1.54, 1.807) is 14.2 Å². The summed E-state index contributed by atoms with van der Waals surface area (Å²) in [5, 5.41) is 8.95. The van der Waals surface area contributed by atoms with Gasteiger partial charge in [0.15, 0.2) is 17.4 Å². The predicted molar refractivity (Wildman–Crippen MR) is 108 cm³/mol. The molecule has 0 heterocycles. The Labute approximate surface area is 193 Å². The first-order valence-corrected chi connectivity index (χ1v) is 9.54. The number of ether oxygens (including phenoxy) is 5. The molecule has 0 aromatic rings. The Bertz CT molecular complexity index is 382. The summed E-state index contributed by atoms with van der Waals surface area (Å²) in [6.07, 6.45) is 8.56. The number of rotatable bonds is 8. The van der Waals surface area contributed by atoms with E-state index in [0.29, 0.717) is 32.2 Å². The third-order valence-electron chi connectivity index (χ3n) is 5.00. The van der Waals surface area contributed by atoms with Crippen molar-refractivity contribution in [1.82, 2.24) is 0 Å². The van der Waals surface area contributed by atoms with Crippen LogP contribution in [0, 0.1) is 11.8 Å². The molecular weight excluding hydrogens is 374 g/mol. The second kappa shape index (κ2) is 19.4. The molecule has 2 saturated carbocycles. The quantitative estimate of drug-likeness (QED) is 0.292. The minimum atomic E-state index is -0.115. The Kier molecular flexibility index (Phi) is 21.2. The zero-order chi connectivity index (χ0) is 19.2. The zero-order valence-electron chi connectivity index (χ0n) is 18.5. The fourth-order valence-electron chi connectivity index (χ4n) is 3.56. The fraction of sp³-hybridized carbons (Fsp3) is 0.947. The number of carbonyl (C=O) groups excluding carboxylic acids is 1. The van der Waals surface area contributed by atoms with E-state index < -0.39 is 0 Å². The van der Waals surface area contributed by atoms with Gasteiger partial charge in [-0.3, -0.25) is 4.79 Å². The van der Waals surface area contributed by atoms with E-state index in [2.05, 4.69) is 0 Å². The Morgan fingerprint density at radius 3 is 1.96 bits per heavy atom. The van der Waals surface area contributed by atoms with Crippen molar-refractivity contribution in [2.45, 2.75) is 63.6 Å². The number of methoxy groups -OCH3 is 3. The smallest absolute Gasteiger partial charge is 1.00 e. The van der Waals surface area contributed by atoms with Crippen LogP contribution in [-0.4, -0.2) is 82.2 Å². The molecule has 28 heavy (non-hydrogen) atoms. The maximum absolute atomic E-state index is 11.3.